The highest BCUT2D eigenvalue weighted by Crippen LogP contribution is 2.42. The summed E-state index contributed by atoms with van der Waals surface area (Å²) in [7, 11) is 0. The maximum Gasteiger partial charge on any atom is 0.412 e. The van der Waals surface area contributed by atoms with E-state index in [9.17, 15) is 14.7 Å². The zero-order valence-electron chi connectivity index (χ0n) is 20.9. The molecule has 0 saturated carbocycles. The summed E-state index contributed by atoms with van der Waals surface area (Å²) in [6, 6.07) is 24.7. The van der Waals surface area contributed by atoms with Gasteiger partial charge in [-0.05, 0) is 53.9 Å². The molecule has 0 unspecified atom stereocenters. The average molecular weight is 574 g/mol. The van der Waals surface area contributed by atoms with E-state index < -0.39 is 17.6 Å². The molecular formula is C30H28BrN3O4. The Hall–Kier alpha value is -4.30. The molecule has 0 heterocycles. The summed E-state index contributed by atoms with van der Waals surface area (Å²) in [6.07, 6.45) is 1.63. The van der Waals surface area contributed by atoms with Crippen LogP contribution in [0.1, 0.15) is 25.5 Å². The molecule has 4 rings (SSSR count). The van der Waals surface area contributed by atoms with Gasteiger partial charge >= 0.3 is 6.09 Å². The van der Waals surface area contributed by atoms with Gasteiger partial charge in [-0.1, -0.05) is 78.3 Å². The summed E-state index contributed by atoms with van der Waals surface area (Å²) in [5.41, 5.74) is 7.32. The van der Waals surface area contributed by atoms with Gasteiger partial charge in [-0.25, -0.2) is 4.79 Å². The Bertz CT molecular complexity index is 1500. The van der Waals surface area contributed by atoms with Crippen LogP contribution in [0.5, 0.6) is 5.75 Å². The lowest BCUT2D eigenvalue weighted by Gasteiger charge is -2.32. The van der Waals surface area contributed by atoms with Gasteiger partial charge in [-0.15, -0.1) is 0 Å². The largest absolute Gasteiger partial charge is 0.507 e. The van der Waals surface area contributed by atoms with Crippen LogP contribution in [-0.4, -0.2) is 17.1 Å². The highest BCUT2D eigenvalue weighted by molar-refractivity contribution is 9.10. The standard InChI is InChI=1S/C30H28BrN3O4/c1-30(2,18-17-27(36)34-25-10-6-5-9-24(25)32)28(38-29(37)33-20-13-11-19(31)12-14-20)23-15-16-26(35)22-8-4-3-7-21(22)23/h3-18,28,35H,32H2,1-2H3,(H,33,37)(H,34,36)/b18-17+/t28-/m0/s1. The summed E-state index contributed by atoms with van der Waals surface area (Å²) in [4.78, 5) is 25.7. The highest BCUT2D eigenvalue weighted by atomic mass is 79.9. The lowest BCUT2D eigenvalue weighted by Crippen LogP contribution is -2.28. The number of carbonyl (C=O) groups is 2. The Labute approximate surface area is 229 Å². The maximum absolute atomic E-state index is 13.0. The molecule has 2 amide bonds. The molecule has 0 aliphatic rings. The van der Waals surface area contributed by atoms with Gasteiger partial charge in [0.1, 0.15) is 11.9 Å². The van der Waals surface area contributed by atoms with E-state index in [1.807, 2.05) is 44.2 Å². The Morgan fingerprint density at radius 1 is 0.921 bits per heavy atom. The van der Waals surface area contributed by atoms with Gasteiger partial charge in [0.05, 0.1) is 11.4 Å². The quantitative estimate of drug-likeness (QED) is 0.136. The van der Waals surface area contributed by atoms with Crippen LogP contribution in [0, 0.1) is 5.41 Å². The molecule has 0 spiro atoms. The fourth-order valence-electron chi connectivity index (χ4n) is 4.10. The summed E-state index contributed by atoms with van der Waals surface area (Å²) in [5, 5.41) is 17.3. The van der Waals surface area contributed by atoms with Gasteiger partial charge in [-0.3, -0.25) is 10.1 Å². The average Bonchev–Trinajstić information content (AvgIpc) is 2.89. The van der Waals surface area contributed by atoms with E-state index in [0.717, 1.165) is 9.86 Å². The molecular weight excluding hydrogens is 546 g/mol. The number of nitrogen functional groups attached to an aromatic ring is 1. The molecule has 7 nitrogen and oxygen atoms in total. The molecule has 4 aromatic carbocycles. The summed E-state index contributed by atoms with van der Waals surface area (Å²) in [5.74, 6) is -0.250. The van der Waals surface area contributed by atoms with Crippen molar-refractivity contribution in [3.05, 3.63) is 107 Å². The molecule has 0 aliphatic carbocycles. The molecule has 0 aromatic heterocycles. The van der Waals surface area contributed by atoms with Crippen LogP contribution in [0.4, 0.5) is 21.9 Å². The monoisotopic (exact) mass is 573 g/mol. The molecule has 1 atom stereocenters. The summed E-state index contributed by atoms with van der Waals surface area (Å²) >= 11 is 3.38. The van der Waals surface area contributed by atoms with Crippen molar-refractivity contribution in [2.24, 2.45) is 5.41 Å². The number of halogens is 1. The first-order valence-corrected chi connectivity index (χ1v) is 12.7. The molecule has 0 saturated heterocycles. The second kappa shape index (κ2) is 11.4. The Morgan fingerprint density at radius 3 is 2.29 bits per heavy atom. The number of ether oxygens (including phenoxy) is 1. The van der Waals surface area contributed by atoms with Crippen LogP contribution in [0.25, 0.3) is 10.8 Å². The smallest absolute Gasteiger partial charge is 0.412 e. The number of hydrogen-bond donors (Lipinski definition) is 4. The number of aromatic hydroxyl groups is 1. The third-order valence-corrected chi connectivity index (χ3v) is 6.62. The summed E-state index contributed by atoms with van der Waals surface area (Å²) < 4.78 is 6.89. The Morgan fingerprint density at radius 2 is 1.58 bits per heavy atom. The predicted molar refractivity (Wildman–Crippen MR) is 155 cm³/mol. The summed E-state index contributed by atoms with van der Waals surface area (Å²) in [6.45, 7) is 3.74. The zero-order valence-corrected chi connectivity index (χ0v) is 22.5. The van der Waals surface area contributed by atoms with Crippen LogP contribution in [0.15, 0.2) is 102 Å². The first-order chi connectivity index (χ1) is 18.1. The minimum atomic E-state index is -0.837. The van der Waals surface area contributed by atoms with Gasteiger partial charge < -0.3 is 20.9 Å². The third kappa shape index (κ3) is 6.33. The van der Waals surface area contributed by atoms with E-state index in [1.54, 1.807) is 60.7 Å². The molecule has 5 N–H and O–H groups in total. The van der Waals surface area contributed by atoms with Crippen molar-refractivity contribution in [2.75, 3.05) is 16.4 Å². The van der Waals surface area contributed by atoms with Crippen molar-refractivity contribution in [1.29, 1.82) is 0 Å². The second-order valence-electron chi connectivity index (χ2n) is 9.37. The van der Waals surface area contributed by atoms with Crippen LogP contribution >= 0.6 is 15.9 Å². The van der Waals surface area contributed by atoms with Gasteiger partial charge in [0.25, 0.3) is 0 Å². The van der Waals surface area contributed by atoms with Crippen LogP contribution in [-0.2, 0) is 9.53 Å². The topological polar surface area (TPSA) is 114 Å². The van der Waals surface area contributed by atoms with Crippen molar-refractivity contribution in [3.63, 3.8) is 0 Å². The number of phenolic OH excluding ortho intramolecular Hbond substituents is 1. The number of amides is 2. The van der Waals surface area contributed by atoms with Gasteiger partial charge in [-0.2, -0.15) is 0 Å². The van der Waals surface area contributed by atoms with E-state index in [4.69, 9.17) is 10.5 Å². The molecule has 0 bridgehead atoms. The van der Waals surface area contributed by atoms with E-state index >= 15 is 0 Å². The van der Waals surface area contributed by atoms with Crippen molar-refractivity contribution in [2.45, 2.75) is 20.0 Å². The Balaban J connectivity index is 1.66. The molecule has 0 radical (unpaired) electrons. The number of phenols is 1. The van der Waals surface area contributed by atoms with Crippen LogP contribution in [0.3, 0.4) is 0 Å². The lowest BCUT2D eigenvalue weighted by atomic mass is 9.80. The van der Waals surface area contributed by atoms with E-state index in [1.165, 1.54) is 6.08 Å². The number of benzene rings is 4. The number of fused-ring (bicyclic) bond motifs is 1. The van der Waals surface area contributed by atoms with Crippen LogP contribution in [0.2, 0.25) is 0 Å². The van der Waals surface area contributed by atoms with Crippen molar-refractivity contribution < 1.29 is 19.4 Å². The van der Waals surface area contributed by atoms with Crippen molar-refractivity contribution >= 4 is 55.8 Å². The second-order valence-corrected chi connectivity index (χ2v) is 10.3. The number of anilines is 3. The van der Waals surface area contributed by atoms with Crippen molar-refractivity contribution in [3.8, 4) is 5.75 Å². The number of nitrogens with one attached hydrogen (secondary N) is 2. The molecule has 38 heavy (non-hydrogen) atoms. The third-order valence-electron chi connectivity index (χ3n) is 6.09. The van der Waals surface area contributed by atoms with Crippen molar-refractivity contribution in [1.82, 2.24) is 0 Å². The normalized spacial score (nSPS) is 12.3. The van der Waals surface area contributed by atoms with Gasteiger partial charge in [0.15, 0.2) is 0 Å². The Kier molecular flexibility index (Phi) is 8.02. The maximum atomic E-state index is 13.0. The van der Waals surface area contributed by atoms with Crippen LogP contribution < -0.4 is 16.4 Å². The lowest BCUT2D eigenvalue weighted by molar-refractivity contribution is -0.112. The number of para-hydroxylation sites is 2. The van der Waals surface area contributed by atoms with E-state index in [2.05, 4.69) is 26.6 Å². The molecule has 8 heteroatoms. The van der Waals surface area contributed by atoms with E-state index in [-0.39, 0.29) is 11.7 Å². The first kappa shape index (κ1) is 26.8. The minimum absolute atomic E-state index is 0.121. The fourth-order valence-corrected chi connectivity index (χ4v) is 4.37. The molecule has 0 aliphatic heterocycles. The van der Waals surface area contributed by atoms with E-state index in [0.29, 0.717) is 28.0 Å². The van der Waals surface area contributed by atoms with Gasteiger partial charge in [0.2, 0.25) is 5.91 Å². The number of nitrogens with two attached hydrogens (primary N) is 1. The SMILES string of the molecule is CC(C)(/C=C/C(=O)Nc1ccccc1N)[C@@H](OC(=O)Nc1ccc(Br)cc1)c1ccc(O)c2ccccc12. The highest BCUT2D eigenvalue weighted by Gasteiger charge is 2.34. The zero-order chi connectivity index (χ0) is 27.3. The first-order valence-electron chi connectivity index (χ1n) is 11.9. The number of rotatable bonds is 7. The molecule has 0 fully saturated rings. The van der Waals surface area contributed by atoms with Gasteiger partial charge in [0, 0.05) is 26.5 Å². The predicted octanol–water partition coefficient (Wildman–Crippen LogP) is 7.40. The number of carbonyl (C=O) groups excluding carboxylic acids is 2. The molecule has 194 valence electrons. The molecule has 4 aromatic rings. The fraction of sp³-hybridized carbons (Fsp3) is 0.133. The number of hydrogen-bond acceptors (Lipinski definition) is 5. The minimum Gasteiger partial charge on any atom is -0.507 e.